The van der Waals surface area contributed by atoms with Gasteiger partial charge in [0.15, 0.2) is 6.10 Å². The Hall–Kier alpha value is -2.41. The Morgan fingerprint density at radius 1 is 1.24 bits per heavy atom. The summed E-state index contributed by atoms with van der Waals surface area (Å²) in [5, 5.41) is 0. The molecule has 0 radical (unpaired) electrons. The summed E-state index contributed by atoms with van der Waals surface area (Å²) in [5.41, 5.74) is 6.47. The Morgan fingerprint density at radius 2 is 1.88 bits per heavy atom. The molecule has 0 aliphatic heterocycles. The second kappa shape index (κ2) is 8.11. The Morgan fingerprint density at radius 3 is 2.44 bits per heavy atom. The summed E-state index contributed by atoms with van der Waals surface area (Å²) in [6.07, 6.45) is -0.739. The number of amides is 2. The van der Waals surface area contributed by atoms with Gasteiger partial charge in [-0.2, -0.15) is 0 Å². The van der Waals surface area contributed by atoms with Crippen molar-refractivity contribution in [3.8, 4) is 5.75 Å². The van der Waals surface area contributed by atoms with Crippen molar-refractivity contribution in [2.75, 3.05) is 7.05 Å². The monoisotopic (exact) mass is 408 g/mol. The summed E-state index contributed by atoms with van der Waals surface area (Å²) in [6.45, 7) is 1.99. The van der Waals surface area contributed by atoms with Gasteiger partial charge in [-0.3, -0.25) is 9.59 Å². The number of nitrogens with two attached hydrogens (primary N) is 1. The number of rotatable bonds is 6. The average molecular weight is 409 g/mol. The summed E-state index contributed by atoms with van der Waals surface area (Å²) in [4.78, 5) is 25.0. The van der Waals surface area contributed by atoms with Gasteiger partial charge < -0.3 is 15.4 Å². The van der Waals surface area contributed by atoms with Crippen LogP contribution in [0.25, 0.3) is 0 Å². The second-order valence-electron chi connectivity index (χ2n) is 5.59. The fraction of sp³-hybridized carbons (Fsp3) is 0.222. The first-order valence-electron chi connectivity index (χ1n) is 7.53. The average Bonchev–Trinajstić information content (AvgIpc) is 2.57. The number of ether oxygens (including phenoxy) is 1. The smallest absolute Gasteiger partial charge is 0.263 e. The molecule has 2 N–H and O–H groups in total. The first-order chi connectivity index (χ1) is 11.8. The number of carbonyl (C=O) groups excluding carboxylic acids is 2. The SMILES string of the molecule is C[C@H](Oc1ccc(F)cc1Br)C(=O)N(C)Cc1ccc(C(N)=O)cc1. The van der Waals surface area contributed by atoms with Crippen molar-refractivity contribution in [2.45, 2.75) is 19.6 Å². The highest BCUT2D eigenvalue weighted by Gasteiger charge is 2.20. The molecule has 0 fully saturated rings. The molecule has 0 bridgehead atoms. The standard InChI is InChI=1S/C18H18BrFN2O3/c1-11(25-16-8-7-14(20)9-15(16)19)18(24)22(2)10-12-3-5-13(6-4-12)17(21)23/h3-9,11H,10H2,1-2H3,(H2,21,23)/t11-/m0/s1. The van der Waals surface area contributed by atoms with Crippen LogP contribution in [-0.2, 0) is 11.3 Å². The zero-order valence-electron chi connectivity index (χ0n) is 13.8. The third-order valence-corrected chi connectivity index (χ3v) is 4.20. The van der Waals surface area contributed by atoms with Crippen LogP contribution in [0.2, 0.25) is 0 Å². The topological polar surface area (TPSA) is 72.6 Å². The van der Waals surface area contributed by atoms with Crippen LogP contribution in [-0.4, -0.2) is 29.9 Å². The third kappa shape index (κ3) is 5.03. The van der Waals surface area contributed by atoms with E-state index in [2.05, 4.69) is 15.9 Å². The van der Waals surface area contributed by atoms with Gasteiger partial charge in [-0.1, -0.05) is 12.1 Å². The van der Waals surface area contributed by atoms with Crippen molar-refractivity contribution in [1.82, 2.24) is 4.90 Å². The summed E-state index contributed by atoms with van der Waals surface area (Å²) >= 11 is 3.21. The van der Waals surface area contributed by atoms with Crippen LogP contribution >= 0.6 is 15.9 Å². The normalized spacial score (nSPS) is 11.7. The first kappa shape index (κ1) is 18.9. The van der Waals surface area contributed by atoms with Crippen LogP contribution in [0.1, 0.15) is 22.8 Å². The van der Waals surface area contributed by atoms with Gasteiger partial charge in [0.1, 0.15) is 11.6 Å². The number of primary amides is 1. The van der Waals surface area contributed by atoms with Crippen molar-refractivity contribution in [3.63, 3.8) is 0 Å². The zero-order chi connectivity index (χ0) is 18.6. The van der Waals surface area contributed by atoms with E-state index in [0.29, 0.717) is 22.3 Å². The maximum atomic E-state index is 13.1. The van der Waals surface area contributed by atoms with E-state index in [-0.39, 0.29) is 5.91 Å². The molecule has 132 valence electrons. The second-order valence-corrected chi connectivity index (χ2v) is 6.44. The number of hydrogen-bond acceptors (Lipinski definition) is 3. The van der Waals surface area contributed by atoms with E-state index >= 15 is 0 Å². The number of likely N-dealkylation sites (N-methyl/N-ethyl adjacent to an activating group) is 1. The van der Waals surface area contributed by atoms with Gasteiger partial charge in [-0.25, -0.2) is 4.39 Å². The van der Waals surface area contributed by atoms with E-state index < -0.39 is 17.8 Å². The van der Waals surface area contributed by atoms with Gasteiger partial charge in [0, 0.05) is 19.2 Å². The van der Waals surface area contributed by atoms with Crippen molar-refractivity contribution < 1.29 is 18.7 Å². The lowest BCUT2D eigenvalue weighted by atomic mass is 10.1. The molecule has 2 aromatic rings. The first-order valence-corrected chi connectivity index (χ1v) is 8.32. The molecule has 5 nitrogen and oxygen atoms in total. The van der Waals surface area contributed by atoms with E-state index in [0.717, 1.165) is 5.56 Å². The van der Waals surface area contributed by atoms with Gasteiger partial charge in [-0.15, -0.1) is 0 Å². The molecule has 2 rings (SSSR count). The number of halogens is 2. The van der Waals surface area contributed by atoms with Crippen LogP contribution in [0.4, 0.5) is 4.39 Å². The van der Waals surface area contributed by atoms with Crippen molar-refractivity contribution in [2.24, 2.45) is 5.73 Å². The predicted molar refractivity (Wildman–Crippen MR) is 95.6 cm³/mol. The molecule has 2 amide bonds. The molecule has 0 aliphatic rings. The highest BCUT2D eigenvalue weighted by Crippen LogP contribution is 2.26. The predicted octanol–water partition coefficient (Wildman–Crippen LogP) is 3.11. The lowest BCUT2D eigenvalue weighted by molar-refractivity contribution is -0.137. The Kier molecular flexibility index (Phi) is 6.14. The van der Waals surface area contributed by atoms with Crippen LogP contribution in [0.5, 0.6) is 5.75 Å². The molecule has 1 atom stereocenters. The molecule has 0 spiro atoms. The molecule has 0 heterocycles. The van der Waals surface area contributed by atoms with Crippen molar-refractivity contribution in [3.05, 3.63) is 63.9 Å². The molecular formula is C18H18BrFN2O3. The van der Waals surface area contributed by atoms with E-state index in [4.69, 9.17) is 10.5 Å². The van der Waals surface area contributed by atoms with Gasteiger partial charge in [-0.05, 0) is 58.7 Å². The number of hydrogen-bond donors (Lipinski definition) is 1. The maximum Gasteiger partial charge on any atom is 0.263 e. The maximum absolute atomic E-state index is 13.1. The van der Waals surface area contributed by atoms with Gasteiger partial charge in [0.2, 0.25) is 5.91 Å². The molecule has 2 aromatic carbocycles. The summed E-state index contributed by atoms with van der Waals surface area (Å²) < 4.78 is 19.1. The summed E-state index contributed by atoms with van der Waals surface area (Å²) in [6, 6.07) is 10.7. The molecule has 0 aliphatic carbocycles. The molecule has 0 unspecified atom stereocenters. The third-order valence-electron chi connectivity index (χ3n) is 3.58. The quantitative estimate of drug-likeness (QED) is 0.797. The molecule has 0 aromatic heterocycles. The van der Waals surface area contributed by atoms with Gasteiger partial charge in [0.05, 0.1) is 4.47 Å². The van der Waals surface area contributed by atoms with Crippen molar-refractivity contribution in [1.29, 1.82) is 0 Å². The van der Waals surface area contributed by atoms with E-state index in [1.807, 2.05) is 0 Å². The molecule has 7 heteroatoms. The van der Waals surface area contributed by atoms with Crippen LogP contribution in [0.3, 0.4) is 0 Å². The number of carbonyl (C=O) groups is 2. The van der Waals surface area contributed by atoms with Crippen LogP contribution in [0.15, 0.2) is 46.9 Å². The van der Waals surface area contributed by atoms with E-state index in [1.54, 1.807) is 38.2 Å². The van der Waals surface area contributed by atoms with E-state index in [9.17, 15) is 14.0 Å². The lowest BCUT2D eigenvalue weighted by Crippen LogP contribution is -2.37. The van der Waals surface area contributed by atoms with Crippen LogP contribution < -0.4 is 10.5 Å². The fourth-order valence-electron chi connectivity index (χ4n) is 2.25. The molecule has 25 heavy (non-hydrogen) atoms. The minimum Gasteiger partial charge on any atom is -0.480 e. The van der Waals surface area contributed by atoms with Crippen molar-refractivity contribution >= 4 is 27.7 Å². The number of benzene rings is 2. The number of nitrogens with zero attached hydrogens (tertiary/aromatic N) is 1. The summed E-state index contributed by atoms with van der Waals surface area (Å²) in [5.74, 6) is -0.728. The summed E-state index contributed by atoms with van der Waals surface area (Å²) in [7, 11) is 1.66. The minimum absolute atomic E-state index is 0.227. The Labute approximate surface area is 153 Å². The van der Waals surface area contributed by atoms with Gasteiger partial charge >= 0.3 is 0 Å². The fourth-order valence-corrected chi connectivity index (χ4v) is 2.69. The minimum atomic E-state index is -0.739. The van der Waals surface area contributed by atoms with E-state index in [1.165, 1.54) is 23.1 Å². The largest absolute Gasteiger partial charge is 0.480 e. The highest BCUT2D eigenvalue weighted by atomic mass is 79.9. The molecule has 0 saturated heterocycles. The lowest BCUT2D eigenvalue weighted by Gasteiger charge is -2.22. The van der Waals surface area contributed by atoms with Crippen LogP contribution in [0, 0.1) is 5.82 Å². The molecule has 0 saturated carbocycles. The molecular weight excluding hydrogens is 391 g/mol. The van der Waals surface area contributed by atoms with Gasteiger partial charge in [0.25, 0.3) is 5.91 Å². The highest BCUT2D eigenvalue weighted by molar-refractivity contribution is 9.10. The Bertz CT molecular complexity index is 780. The zero-order valence-corrected chi connectivity index (χ0v) is 15.4. The Balaban J connectivity index is 1.99.